The number of halogens is 4. The predicted octanol–water partition coefficient (Wildman–Crippen LogP) is 5.68. The van der Waals surface area contributed by atoms with E-state index in [9.17, 15) is 27.2 Å². The van der Waals surface area contributed by atoms with Gasteiger partial charge in [-0.3, -0.25) is 4.79 Å². The molecule has 4 rings (SSSR count). The molecule has 1 N–H and O–H groups in total. The molecule has 1 saturated heterocycles. The van der Waals surface area contributed by atoms with Crippen molar-refractivity contribution in [2.45, 2.75) is 51.4 Å². The minimum absolute atomic E-state index is 0.0724. The van der Waals surface area contributed by atoms with Crippen molar-refractivity contribution >= 4 is 23.3 Å². The Bertz CT molecular complexity index is 1290. The molecular formula is C25H27F4N5O3S. The summed E-state index contributed by atoms with van der Waals surface area (Å²) in [6, 6.07) is 5.67. The lowest BCUT2D eigenvalue weighted by atomic mass is 10.0. The lowest BCUT2D eigenvalue weighted by Crippen LogP contribution is -2.42. The molecule has 2 aromatic heterocycles. The van der Waals surface area contributed by atoms with Gasteiger partial charge in [-0.25, -0.2) is 19.2 Å². The lowest BCUT2D eigenvalue weighted by molar-refractivity contribution is -0.123. The van der Waals surface area contributed by atoms with Gasteiger partial charge < -0.3 is 19.5 Å². The third-order valence-corrected chi connectivity index (χ3v) is 6.66. The number of likely N-dealkylation sites (tertiary alicyclic amines) is 1. The van der Waals surface area contributed by atoms with Crippen LogP contribution >= 0.6 is 11.3 Å². The molecule has 0 spiro atoms. The zero-order valence-corrected chi connectivity index (χ0v) is 21.8. The molecular weight excluding hydrogens is 526 g/mol. The number of imidazole rings is 1. The van der Waals surface area contributed by atoms with Gasteiger partial charge >= 0.3 is 12.3 Å². The molecule has 2 amide bonds. The van der Waals surface area contributed by atoms with E-state index in [1.807, 2.05) is 9.88 Å². The van der Waals surface area contributed by atoms with Gasteiger partial charge in [-0.2, -0.15) is 13.2 Å². The fourth-order valence-corrected chi connectivity index (χ4v) is 4.93. The molecule has 3 heterocycles. The van der Waals surface area contributed by atoms with Crippen LogP contribution in [0.2, 0.25) is 0 Å². The first kappa shape index (κ1) is 27.6. The largest absolute Gasteiger partial charge is 0.444 e. The molecule has 1 aliphatic rings. The second-order valence-corrected chi connectivity index (χ2v) is 10.7. The Kier molecular flexibility index (Phi) is 7.77. The monoisotopic (exact) mass is 553 g/mol. The molecule has 13 heteroatoms. The summed E-state index contributed by atoms with van der Waals surface area (Å²) in [5.74, 6) is -1.35. The zero-order valence-electron chi connectivity index (χ0n) is 21.0. The number of aromatic nitrogens is 3. The van der Waals surface area contributed by atoms with Crippen molar-refractivity contribution in [2.24, 2.45) is 0 Å². The molecule has 0 saturated carbocycles. The van der Waals surface area contributed by atoms with E-state index >= 15 is 0 Å². The SMILES string of the molecule is CC(C)(C)OC(=O)N1CCC(n2cnc(-c3ccc(F)cc3)c2-c2nc(C(=O)NCC(F)(F)F)cs2)CC1. The van der Waals surface area contributed by atoms with Crippen molar-refractivity contribution in [1.29, 1.82) is 0 Å². The highest BCUT2D eigenvalue weighted by Gasteiger charge is 2.31. The van der Waals surface area contributed by atoms with Gasteiger partial charge in [-0.15, -0.1) is 11.3 Å². The number of hydrogen-bond donors (Lipinski definition) is 1. The molecule has 0 bridgehead atoms. The maximum absolute atomic E-state index is 13.6. The van der Waals surface area contributed by atoms with E-state index in [2.05, 4.69) is 9.97 Å². The van der Waals surface area contributed by atoms with Crippen molar-refractivity contribution in [2.75, 3.05) is 19.6 Å². The Hall–Kier alpha value is -3.48. The van der Waals surface area contributed by atoms with E-state index in [1.54, 1.807) is 44.1 Å². The summed E-state index contributed by atoms with van der Waals surface area (Å²) < 4.78 is 58.6. The molecule has 38 heavy (non-hydrogen) atoms. The maximum Gasteiger partial charge on any atom is 0.410 e. The van der Waals surface area contributed by atoms with Crippen molar-refractivity contribution < 1.29 is 31.9 Å². The van der Waals surface area contributed by atoms with Gasteiger partial charge in [-0.1, -0.05) is 0 Å². The Morgan fingerprint density at radius 3 is 2.39 bits per heavy atom. The summed E-state index contributed by atoms with van der Waals surface area (Å²) >= 11 is 1.10. The standard InChI is InChI=1S/C25H27F4N5O3S/c1-24(2,3)37-23(36)33-10-8-17(9-11-33)34-14-31-19(15-4-6-16(26)7-5-15)20(34)22-32-18(12-38-22)21(35)30-13-25(27,28)29/h4-7,12,14,17H,8-11,13H2,1-3H3,(H,30,35). The summed E-state index contributed by atoms with van der Waals surface area (Å²) in [6.45, 7) is 4.85. The molecule has 0 aliphatic carbocycles. The number of amides is 2. The molecule has 1 aliphatic heterocycles. The highest BCUT2D eigenvalue weighted by Crippen LogP contribution is 2.37. The number of piperidine rings is 1. The predicted molar refractivity (Wildman–Crippen MR) is 133 cm³/mol. The Morgan fingerprint density at radius 1 is 1.13 bits per heavy atom. The minimum Gasteiger partial charge on any atom is -0.444 e. The van der Waals surface area contributed by atoms with Crippen molar-refractivity contribution in [3.8, 4) is 22.0 Å². The first-order chi connectivity index (χ1) is 17.8. The van der Waals surface area contributed by atoms with Gasteiger partial charge in [0, 0.05) is 30.1 Å². The normalized spacial score (nSPS) is 15.0. The number of carbonyl (C=O) groups excluding carboxylic acids is 2. The Balaban J connectivity index is 1.61. The Morgan fingerprint density at radius 2 is 1.79 bits per heavy atom. The second-order valence-electron chi connectivity index (χ2n) is 9.89. The number of benzene rings is 1. The second kappa shape index (κ2) is 10.7. The summed E-state index contributed by atoms with van der Waals surface area (Å²) in [7, 11) is 0. The van der Waals surface area contributed by atoms with Crippen LogP contribution in [0, 0.1) is 5.82 Å². The fraction of sp³-hybridized carbons (Fsp3) is 0.440. The Labute approximate surface area is 220 Å². The number of hydrogen-bond acceptors (Lipinski definition) is 6. The summed E-state index contributed by atoms with van der Waals surface area (Å²) in [5, 5.41) is 3.60. The third kappa shape index (κ3) is 6.69. The van der Waals surface area contributed by atoms with Crippen LogP contribution in [0.4, 0.5) is 22.4 Å². The van der Waals surface area contributed by atoms with E-state index in [0.717, 1.165) is 11.3 Å². The number of alkyl halides is 3. The van der Waals surface area contributed by atoms with Crippen LogP contribution in [-0.4, -0.2) is 62.8 Å². The molecule has 8 nitrogen and oxygen atoms in total. The average molecular weight is 554 g/mol. The molecule has 0 radical (unpaired) electrons. The zero-order chi connectivity index (χ0) is 27.7. The quantitative estimate of drug-likeness (QED) is 0.411. The van der Waals surface area contributed by atoms with E-state index in [4.69, 9.17) is 4.74 Å². The van der Waals surface area contributed by atoms with Crippen molar-refractivity contribution in [1.82, 2.24) is 24.8 Å². The molecule has 3 aromatic rings. The lowest BCUT2D eigenvalue weighted by Gasteiger charge is -2.34. The minimum atomic E-state index is -4.54. The van der Waals surface area contributed by atoms with Gasteiger partial charge in [0.2, 0.25) is 0 Å². The van der Waals surface area contributed by atoms with Crippen molar-refractivity contribution in [3.63, 3.8) is 0 Å². The van der Waals surface area contributed by atoms with E-state index in [1.165, 1.54) is 17.5 Å². The van der Waals surface area contributed by atoms with Crippen LogP contribution in [0.5, 0.6) is 0 Å². The fourth-order valence-electron chi connectivity index (χ4n) is 4.08. The van der Waals surface area contributed by atoms with Crippen LogP contribution in [0.3, 0.4) is 0 Å². The highest BCUT2D eigenvalue weighted by atomic mass is 32.1. The molecule has 204 valence electrons. The first-order valence-corrected chi connectivity index (χ1v) is 12.8. The van der Waals surface area contributed by atoms with Gasteiger partial charge in [0.25, 0.3) is 5.91 Å². The number of thiazole rings is 1. The van der Waals surface area contributed by atoms with Gasteiger partial charge in [0.1, 0.15) is 34.4 Å². The van der Waals surface area contributed by atoms with Crippen LogP contribution < -0.4 is 5.32 Å². The van der Waals surface area contributed by atoms with E-state index in [-0.39, 0.29) is 17.8 Å². The van der Waals surface area contributed by atoms with Crippen LogP contribution in [-0.2, 0) is 4.74 Å². The van der Waals surface area contributed by atoms with E-state index in [0.29, 0.717) is 47.9 Å². The average Bonchev–Trinajstić information content (AvgIpc) is 3.49. The number of rotatable bonds is 5. The summed E-state index contributed by atoms with van der Waals surface area (Å²) in [5.41, 5.74) is 0.921. The number of ether oxygens (including phenoxy) is 1. The number of nitrogens with zero attached hydrogens (tertiary/aromatic N) is 4. The van der Waals surface area contributed by atoms with Gasteiger partial charge in [0.05, 0.1) is 12.0 Å². The first-order valence-electron chi connectivity index (χ1n) is 11.9. The van der Waals surface area contributed by atoms with Crippen LogP contribution in [0.1, 0.15) is 50.1 Å². The summed E-state index contributed by atoms with van der Waals surface area (Å²) in [4.78, 5) is 35.3. The van der Waals surface area contributed by atoms with Crippen LogP contribution in [0.25, 0.3) is 22.0 Å². The maximum atomic E-state index is 13.6. The topological polar surface area (TPSA) is 89.3 Å². The van der Waals surface area contributed by atoms with E-state index < -0.39 is 30.0 Å². The number of nitrogens with one attached hydrogen (secondary N) is 1. The van der Waals surface area contributed by atoms with Gasteiger partial charge in [0.15, 0.2) is 0 Å². The van der Waals surface area contributed by atoms with Gasteiger partial charge in [-0.05, 0) is 57.9 Å². The molecule has 1 fully saturated rings. The molecule has 1 aromatic carbocycles. The number of carbonyl (C=O) groups is 2. The molecule has 0 atom stereocenters. The highest BCUT2D eigenvalue weighted by molar-refractivity contribution is 7.13. The summed E-state index contributed by atoms with van der Waals surface area (Å²) in [6.07, 6.45) is -2.11. The van der Waals surface area contributed by atoms with Crippen LogP contribution in [0.15, 0.2) is 36.0 Å². The smallest absolute Gasteiger partial charge is 0.410 e. The molecule has 0 unspecified atom stereocenters. The van der Waals surface area contributed by atoms with Crippen molar-refractivity contribution in [3.05, 3.63) is 47.5 Å². The third-order valence-electron chi connectivity index (χ3n) is 5.81.